The predicted molar refractivity (Wildman–Crippen MR) is 59.8 cm³/mol. The van der Waals surface area contributed by atoms with Crippen LogP contribution in [0.2, 0.25) is 0 Å². The van der Waals surface area contributed by atoms with Crippen LogP contribution in [0.3, 0.4) is 0 Å². The second-order valence-corrected chi connectivity index (χ2v) is 3.70. The third-order valence-corrected chi connectivity index (χ3v) is 2.57. The fraction of sp³-hybridized carbons (Fsp3) is 0.455. The molecule has 1 unspecified atom stereocenters. The molecule has 15 heavy (non-hydrogen) atoms. The Morgan fingerprint density at radius 1 is 1.53 bits per heavy atom. The standard InChI is InChI=1S/C11H16N2O2/c1-3-9(12)7-10-8(2)5-4-6-11(10)13(14)15/h4-6,9H,3,7,12H2,1-2H3. The van der Waals surface area contributed by atoms with Crippen molar-refractivity contribution in [2.45, 2.75) is 32.7 Å². The molecule has 2 N–H and O–H groups in total. The van der Waals surface area contributed by atoms with Crippen molar-refractivity contribution in [1.29, 1.82) is 0 Å². The monoisotopic (exact) mass is 208 g/mol. The fourth-order valence-electron chi connectivity index (χ4n) is 1.53. The molecule has 0 fully saturated rings. The minimum absolute atomic E-state index is 0.00944. The van der Waals surface area contributed by atoms with Gasteiger partial charge in [-0.15, -0.1) is 0 Å². The molecule has 0 aliphatic carbocycles. The van der Waals surface area contributed by atoms with Gasteiger partial charge in [0.1, 0.15) is 0 Å². The van der Waals surface area contributed by atoms with Gasteiger partial charge in [-0.2, -0.15) is 0 Å². The number of benzene rings is 1. The van der Waals surface area contributed by atoms with E-state index >= 15 is 0 Å². The topological polar surface area (TPSA) is 69.2 Å². The van der Waals surface area contributed by atoms with Gasteiger partial charge in [0, 0.05) is 17.7 Å². The molecule has 0 aliphatic rings. The van der Waals surface area contributed by atoms with Gasteiger partial charge in [-0.05, 0) is 25.3 Å². The molecule has 0 bridgehead atoms. The minimum Gasteiger partial charge on any atom is -0.327 e. The van der Waals surface area contributed by atoms with Gasteiger partial charge in [0.25, 0.3) is 5.69 Å². The van der Waals surface area contributed by atoms with E-state index in [0.717, 1.165) is 17.5 Å². The normalized spacial score (nSPS) is 12.5. The lowest BCUT2D eigenvalue weighted by molar-refractivity contribution is -0.385. The zero-order valence-electron chi connectivity index (χ0n) is 9.06. The average molecular weight is 208 g/mol. The maximum Gasteiger partial charge on any atom is 0.272 e. The van der Waals surface area contributed by atoms with Crippen LogP contribution in [0.4, 0.5) is 5.69 Å². The second-order valence-electron chi connectivity index (χ2n) is 3.70. The van der Waals surface area contributed by atoms with E-state index in [2.05, 4.69) is 0 Å². The van der Waals surface area contributed by atoms with Crippen molar-refractivity contribution in [3.05, 3.63) is 39.4 Å². The Balaban J connectivity index is 3.07. The highest BCUT2D eigenvalue weighted by atomic mass is 16.6. The van der Waals surface area contributed by atoms with Crippen LogP contribution in [0.5, 0.6) is 0 Å². The highest BCUT2D eigenvalue weighted by Crippen LogP contribution is 2.23. The predicted octanol–water partition coefficient (Wildman–Crippen LogP) is 2.18. The number of nitrogens with two attached hydrogens (primary N) is 1. The van der Waals surface area contributed by atoms with Crippen LogP contribution in [0.1, 0.15) is 24.5 Å². The van der Waals surface area contributed by atoms with Crippen molar-refractivity contribution in [3.8, 4) is 0 Å². The summed E-state index contributed by atoms with van der Waals surface area (Å²) < 4.78 is 0. The number of hydrogen-bond acceptors (Lipinski definition) is 3. The zero-order valence-corrected chi connectivity index (χ0v) is 9.06. The fourth-order valence-corrected chi connectivity index (χ4v) is 1.53. The van der Waals surface area contributed by atoms with Crippen LogP contribution in [0, 0.1) is 17.0 Å². The molecule has 0 saturated carbocycles. The smallest absolute Gasteiger partial charge is 0.272 e. The maximum absolute atomic E-state index is 10.8. The Labute approximate surface area is 89.2 Å². The first-order chi connectivity index (χ1) is 7.06. The lowest BCUT2D eigenvalue weighted by Crippen LogP contribution is -2.22. The molecular formula is C11H16N2O2. The summed E-state index contributed by atoms with van der Waals surface area (Å²) in [6.07, 6.45) is 1.39. The average Bonchev–Trinajstić information content (AvgIpc) is 2.20. The number of nitro benzene ring substituents is 1. The summed E-state index contributed by atoms with van der Waals surface area (Å²) in [5, 5.41) is 10.8. The second kappa shape index (κ2) is 4.89. The van der Waals surface area contributed by atoms with Gasteiger partial charge >= 0.3 is 0 Å². The summed E-state index contributed by atoms with van der Waals surface area (Å²) in [5.74, 6) is 0. The van der Waals surface area contributed by atoms with E-state index in [9.17, 15) is 10.1 Å². The number of nitro groups is 1. The highest BCUT2D eigenvalue weighted by molar-refractivity contribution is 5.45. The van der Waals surface area contributed by atoms with Gasteiger partial charge in [-0.25, -0.2) is 0 Å². The van der Waals surface area contributed by atoms with Gasteiger partial charge in [0.15, 0.2) is 0 Å². The summed E-state index contributed by atoms with van der Waals surface area (Å²) in [6, 6.07) is 5.11. The summed E-state index contributed by atoms with van der Waals surface area (Å²) in [6.45, 7) is 3.86. The first-order valence-corrected chi connectivity index (χ1v) is 5.04. The van der Waals surface area contributed by atoms with Crippen LogP contribution >= 0.6 is 0 Å². The third kappa shape index (κ3) is 2.76. The molecule has 0 saturated heterocycles. The van der Waals surface area contributed by atoms with E-state index in [0.29, 0.717) is 6.42 Å². The van der Waals surface area contributed by atoms with E-state index in [-0.39, 0.29) is 16.7 Å². The van der Waals surface area contributed by atoms with Crippen molar-refractivity contribution >= 4 is 5.69 Å². The SMILES string of the molecule is CCC(N)Cc1c(C)cccc1[N+](=O)[O-]. The Morgan fingerprint density at radius 2 is 2.20 bits per heavy atom. The molecule has 82 valence electrons. The molecule has 0 aromatic heterocycles. The van der Waals surface area contributed by atoms with E-state index in [1.54, 1.807) is 6.07 Å². The summed E-state index contributed by atoms with van der Waals surface area (Å²) in [7, 11) is 0. The Kier molecular flexibility index (Phi) is 3.80. The Morgan fingerprint density at radius 3 is 2.73 bits per heavy atom. The van der Waals surface area contributed by atoms with Crippen LogP contribution in [0.15, 0.2) is 18.2 Å². The first kappa shape index (κ1) is 11.7. The lowest BCUT2D eigenvalue weighted by Gasteiger charge is -2.11. The number of rotatable bonds is 4. The van der Waals surface area contributed by atoms with E-state index in [1.807, 2.05) is 19.9 Å². The molecule has 0 spiro atoms. The van der Waals surface area contributed by atoms with Crippen LogP contribution < -0.4 is 5.73 Å². The van der Waals surface area contributed by atoms with Crippen LogP contribution in [-0.4, -0.2) is 11.0 Å². The number of aryl methyl sites for hydroxylation is 1. The molecule has 0 radical (unpaired) electrons. The molecule has 0 heterocycles. The van der Waals surface area contributed by atoms with Crippen molar-refractivity contribution in [3.63, 3.8) is 0 Å². The minimum atomic E-state index is -0.343. The van der Waals surface area contributed by atoms with Crippen molar-refractivity contribution < 1.29 is 4.92 Å². The summed E-state index contributed by atoms with van der Waals surface area (Å²) in [5.41, 5.74) is 7.70. The lowest BCUT2D eigenvalue weighted by atomic mass is 9.98. The van der Waals surface area contributed by atoms with Gasteiger partial charge < -0.3 is 5.73 Å². The van der Waals surface area contributed by atoms with Crippen LogP contribution in [-0.2, 0) is 6.42 Å². The van der Waals surface area contributed by atoms with E-state index < -0.39 is 0 Å². The van der Waals surface area contributed by atoms with Crippen LogP contribution in [0.25, 0.3) is 0 Å². The van der Waals surface area contributed by atoms with E-state index in [1.165, 1.54) is 6.07 Å². The Hall–Kier alpha value is -1.42. The molecule has 4 nitrogen and oxygen atoms in total. The largest absolute Gasteiger partial charge is 0.327 e. The van der Waals surface area contributed by atoms with Gasteiger partial charge in [-0.3, -0.25) is 10.1 Å². The number of hydrogen-bond donors (Lipinski definition) is 1. The first-order valence-electron chi connectivity index (χ1n) is 5.04. The number of nitrogens with zero attached hydrogens (tertiary/aromatic N) is 1. The molecular weight excluding hydrogens is 192 g/mol. The molecule has 1 aromatic carbocycles. The van der Waals surface area contributed by atoms with Gasteiger partial charge in [-0.1, -0.05) is 19.1 Å². The van der Waals surface area contributed by atoms with E-state index in [4.69, 9.17) is 5.73 Å². The zero-order chi connectivity index (χ0) is 11.4. The summed E-state index contributed by atoms with van der Waals surface area (Å²) >= 11 is 0. The van der Waals surface area contributed by atoms with Crippen molar-refractivity contribution in [2.75, 3.05) is 0 Å². The molecule has 1 rings (SSSR count). The van der Waals surface area contributed by atoms with Crippen molar-refractivity contribution in [1.82, 2.24) is 0 Å². The molecule has 0 amide bonds. The molecule has 4 heteroatoms. The molecule has 1 atom stereocenters. The van der Waals surface area contributed by atoms with Gasteiger partial charge in [0.05, 0.1) is 4.92 Å². The highest BCUT2D eigenvalue weighted by Gasteiger charge is 2.16. The van der Waals surface area contributed by atoms with Crippen molar-refractivity contribution in [2.24, 2.45) is 5.73 Å². The quantitative estimate of drug-likeness (QED) is 0.609. The van der Waals surface area contributed by atoms with Gasteiger partial charge in [0.2, 0.25) is 0 Å². The maximum atomic E-state index is 10.8. The Bertz CT molecular complexity index is 364. The summed E-state index contributed by atoms with van der Waals surface area (Å²) in [4.78, 5) is 10.5. The molecule has 1 aromatic rings. The molecule has 0 aliphatic heterocycles. The third-order valence-electron chi connectivity index (χ3n) is 2.57.